The number of carbonyl (C=O) groups is 5. The number of nitrogens with two attached hydrogens (primary N) is 1. The lowest BCUT2D eigenvalue weighted by Gasteiger charge is -2.31. The van der Waals surface area contributed by atoms with Crippen molar-refractivity contribution in [2.45, 2.75) is 63.6 Å². The van der Waals surface area contributed by atoms with E-state index in [4.69, 9.17) is 14.3 Å². The van der Waals surface area contributed by atoms with Crippen LogP contribution in [0.4, 0.5) is 0 Å². The van der Waals surface area contributed by atoms with Gasteiger partial charge < -0.3 is 24.7 Å². The van der Waals surface area contributed by atoms with Crippen molar-refractivity contribution in [1.82, 2.24) is 20.5 Å². The van der Waals surface area contributed by atoms with Crippen LogP contribution in [0.25, 0.3) is 11.1 Å². The second-order valence-corrected chi connectivity index (χ2v) is 13.3. The Labute approximate surface area is 266 Å². The third-order valence-corrected chi connectivity index (χ3v) is 8.70. The van der Waals surface area contributed by atoms with E-state index in [2.05, 4.69) is 15.6 Å². The minimum absolute atomic E-state index is 0.126. The molecule has 2 aromatic carbocycles. The molecule has 4 N–H and O–H groups in total. The molecule has 1 aromatic heterocycles. The Morgan fingerprint density at radius 3 is 2.17 bits per heavy atom. The average molecular weight is 656 g/mol. The Kier molecular flexibility index (Phi) is 10.3. The molecule has 2 heterocycles. The van der Waals surface area contributed by atoms with Gasteiger partial charge in [-0.05, 0) is 67.1 Å². The number of benzene rings is 2. The van der Waals surface area contributed by atoms with Gasteiger partial charge in [0, 0.05) is 12.1 Å². The number of nitrogens with one attached hydrogen (secondary N) is 2. The zero-order chi connectivity index (χ0) is 33.9. The molecule has 1 aliphatic rings. The number of fused-ring (bicyclic) bond motifs is 1. The molecule has 4 rings (SSSR count). The fraction of sp³-hybridized carbons (Fsp3) is 0.419. The number of rotatable bonds is 11. The molecule has 1 aliphatic heterocycles. The number of oxazole rings is 1. The molecule has 0 radical (unpaired) electrons. The van der Waals surface area contributed by atoms with Crippen molar-refractivity contribution in [2.75, 3.05) is 13.7 Å². The molecule has 246 valence electrons. The molecule has 46 heavy (non-hydrogen) atoms. The maximum absolute atomic E-state index is 13.7. The van der Waals surface area contributed by atoms with Crippen LogP contribution in [0, 0.1) is 11.8 Å². The number of carbonyl (C=O) groups excluding carboxylic acids is 5. The Morgan fingerprint density at radius 1 is 0.957 bits per heavy atom. The lowest BCUT2D eigenvalue weighted by atomic mass is 9.98. The van der Waals surface area contributed by atoms with Crippen LogP contribution in [-0.2, 0) is 24.3 Å². The highest BCUT2D eigenvalue weighted by atomic mass is 32.2. The van der Waals surface area contributed by atoms with Gasteiger partial charge in [-0.3, -0.25) is 19.2 Å². The summed E-state index contributed by atoms with van der Waals surface area (Å²) in [4.78, 5) is 71.2. The lowest BCUT2D eigenvalue weighted by Crippen LogP contribution is -2.57. The Bertz CT molecular complexity index is 1770. The van der Waals surface area contributed by atoms with Gasteiger partial charge in [-0.2, -0.15) is 0 Å². The molecule has 0 unspecified atom stereocenters. The van der Waals surface area contributed by atoms with Gasteiger partial charge in [0.15, 0.2) is 5.58 Å². The molecule has 3 amide bonds. The van der Waals surface area contributed by atoms with Gasteiger partial charge in [0.05, 0.1) is 23.6 Å². The van der Waals surface area contributed by atoms with Crippen molar-refractivity contribution in [1.29, 1.82) is 0 Å². The summed E-state index contributed by atoms with van der Waals surface area (Å²) < 4.78 is 33.5. The molecule has 0 bridgehead atoms. The van der Waals surface area contributed by atoms with Gasteiger partial charge in [-0.1, -0.05) is 27.7 Å². The van der Waals surface area contributed by atoms with Gasteiger partial charge in [-0.25, -0.2) is 23.3 Å². The molecule has 0 aliphatic carbocycles. The van der Waals surface area contributed by atoms with Gasteiger partial charge in [0.2, 0.25) is 27.6 Å². The molecule has 0 saturated carbocycles. The quantitative estimate of drug-likeness (QED) is 0.202. The van der Waals surface area contributed by atoms with E-state index in [1.54, 1.807) is 27.7 Å². The van der Waals surface area contributed by atoms with E-state index in [1.807, 2.05) is 0 Å². The van der Waals surface area contributed by atoms with E-state index < -0.39 is 57.6 Å². The van der Waals surface area contributed by atoms with E-state index in [1.165, 1.54) is 54.5 Å². The van der Waals surface area contributed by atoms with Crippen molar-refractivity contribution < 1.29 is 41.5 Å². The van der Waals surface area contributed by atoms with Crippen LogP contribution in [0.2, 0.25) is 0 Å². The van der Waals surface area contributed by atoms with Crippen molar-refractivity contribution in [3.8, 4) is 0 Å². The fourth-order valence-electron chi connectivity index (χ4n) is 5.21. The van der Waals surface area contributed by atoms with Crippen molar-refractivity contribution >= 4 is 50.6 Å². The summed E-state index contributed by atoms with van der Waals surface area (Å²) >= 11 is 0. The number of Topliss-reactive ketones (excluding diaryl/α,β-unsaturated/α-hetero) is 1. The van der Waals surface area contributed by atoms with Gasteiger partial charge in [0.1, 0.15) is 17.6 Å². The monoisotopic (exact) mass is 655 g/mol. The highest BCUT2D eigenvalue weighted by Gasteiger charge is 2.40. The molecule has 1 saturated heterocycles. The van der Waals surface area contributed by atoms with E-state index in [9.17, 15) is 32.4 Å². The lowest BCUT2D eigenvalue weighted by molar-refractivity contribution is -0.140. The van der Waals surface area contributed by atoms with Gasteiger partial charge in [0.25, 0.3) is 11.8 Å². The zero-order valence-corrected chi connectivity index (χ0v) is 26.9. The van der Waals surface area contributed by atoms with Crippen LogP contribution < -0.4 is 15.8 Å². The number of hydrogen-bond donors (Lipinski definition) is 3. The SMILES string of the molecule is COC(=O)c1ccc2nc(C(=O)[C@@H](NC(=O)[C@@H]3CCCN3C(=O)[C@@H](NC(=O)c3ccc(S(N)(=O)=O)cc3)C(C)C)C(C)C)oc2c1. The topological polar surface area (TPSA) is 208 Å². The number of primary sulfonamides is 1. The molecular weight excluding hydrogens is 618 g/mol. The minimum atomic E-state index is -3.94. The molecule has 0 spiro atoms. The minimum Gasteiger partial charge on any atom is -0.465 e. The molecule has 3 atom stereocenters. The first-order chi connectivity index (χ1) is 21.6. The Balaban J connectivity index is 1.48. The van der Waals surface area contributed by atoms with Crippen molar-refractivity contribution in [3.05, 3.63) is 59.5 Å². The van der Waals surface area contributed by atoms with Crippen LogP contribution in [0.15, 0.2) is 51.8 Å². The predicted octanol–water partition coefficient (Wildman–Crippen LogP) is 2.03. The second-order valence-electron chi connectivity index (χ2n) is 11.7. The summed E-state index contributed by atoms with van der Waals surface area (Å²) in [6.07, 6.45) is 0.884. The summed E-state index contributed by atoms with van der Waals surface area (Å²) in [7, 11) is -2.70. The largest absolute Gasteiger partial charge is 0.465 e. The fourth-order valence-corrected chi connectivity index (χ4v) is 5.72. The maximum atomic E-state index is 13.7. The normalized spacial score (nSPS) is 16.3. The number of ether oxygens (including phenoxy) is 1. The van der Waals surface area contributed by atoms with Crippen molar-refractivity contribution in [3.63, 3.8) is 0 Å². The number of methoxy groups -OCH3 is 1. The summed E-state index contributed by atoms with van der Waals surface area (Å²) in [5.41, 5.74) is 0.899. The number of nitrogens with zero attached hydrogens (tertiary/aromatic N) is 2. The third-order valence-electron chi connectivity index (χ3n) is 7.77. The first-order valence-electron chi connectivity index (χ1n) is 14.7. The number of amides is 3. The molecule has 14 nitrogen and oxygen atoms in total. The summed E-state index contributed by atoms with van der Waals surface area (Å²) in [5.74, 6) is -3.71. The summed E-state index contributed by atoms with van der Waals surface area (Å²) in [6, 6.07) is 6.51. The van der Waals surface area contributed by atoms with Crippen LogP contribution >= 0.6 is 0 Å². The van der Waals surface area contributed by atoms with E-state index in [0.29, 0.717) is 18.4 Å². The second kappa shape index (κ2) is 13.8. The van der Waals surface area contributed by atoms with Crippen LogP contribution in [-0.4, -0.2) is 79.6 Å². The number of sulfonamides is 1. The number of ketones is 1. The van der Waals surface area contributed by atoms with E-state index in [-0.39, 0.29) is 45.9 Å². The number of esters is 1. The standard InChI is InChI=1S/C31H37N5O9S/c1-16(2)24(26(37)29-33-21-13-10-19(31(41)44-5)15-23(21)45-29)34-28(39)22-7-6-14-36(22)30(40)25(17(3)4)35-27(38)18-8-11-20(12-9-18)46(32,42)43/h8-13,15-17,22,24-25H,6-7,14H2,1-5H3,(H,34,39)(H,35,38)(H2,32,42,43)/t22-,24-,25-/m0/s1. The van der Waals surface area contributed by atoms with Gasteiger partial charge >= 0.3 is 5.97 Å². The zero-order valence-electron chi connectivity index (χ0n) is 26.1. The average Bonchev–Trinajstić information content (AvgIpc) is 3.68. The van der Waals surface area contributed by atoms with Crippen LogP contribution in [0.1, 0.15) is 71.9 Å². The molecule has 1 fully saturated rings. The number of aromatic nitrogens is 1. The highest BCUT2D eigenvalue weighted by molar-refractivity contribution is 7.89. The smallest absolute Gasteiger partial charge is 0.337 e. The van der Waals surface area contributed by atoms with Gasteiger partial charge in [-0.15, -0.1) is 0 Å². The van der Waals surface area contributed by atoms with Crippen LogP contribution in [0.5, 0.6) is 0 Å². The molecule has 15 heteroatoms. The molecular formula is C31H37N5O9S. The Morgan fingerprint density at radius 2 is 1.59 bits per heavy atom. The molecule has 3 aromatic rings. The van der Waals surface area contributed by atoms with E-state index >= 15 is 0 Å². The van der Waals surface area contributed by atoms with Crippen LogP contribution in [0.3, 0.4) is 0 Å². The first-order valence-corrected chi connectivity index (χ1v) is 16.2. The Hall–Kier alpha value is -4.63. The number of hydrogen-bond acceptors (Lipinski definition) is 10. The van der Waals surface area contributed by atoms with E-state index in [0.717, 1.165) is 0 Å². The highest BCUT2D eigenvalue weighted by Crippen LogP contribution is 2.23. The predicted molar refractivity (Wildman–Crippen MR) is 165 cm³/mol. The third kappa shape index (κ3) is 7.42. The van der Waals surface area contributed by atoms with Crippen molar-refractivity contribution in [2.24, 2.45) is 17.0 Å². The maximum Gasteiger partial charge on any atom is 0.337 e. The summed E-state index contributed by atoms with van der Waals surface area (Å²) in [6.45, 7) is 7.27. The first kappa shape index (κ1) is 34.2. The summed E-state index contributed by atoms with van der Waals surface area (Å²) in [5, 5.41) is 10.6. The number of likely N-dealkylation sites (tertiary alicyclic amines) is 1.